The van der Waals surface area contributed by atoms with Crippen molar-refractivity contribution in [1.29, 1.82) is 0 Å². The lowest BCUT2D eigenvalue weighted by Crippen LogP contribution is -2.13. The Hall–Kier alpha value is -1.53. The molecule has 98 valence electrons. The monoisotopic (exact) mass is 339 g/mol. The number of anilines is 2. The number of rotatable bonds is 3. The van der Waals surface area contributed by atoms with Gasteiger partial charge in [0.05, 0.1) is 11.3 Å². The highest BCUT2D eigenvalue weighted by molar-refractivity contribution is 9.10. The lowest BCUT2D eigenvalue weighted by Gasteiger charge is -2.13. The summed E-state index contributed by atoms with van der Waals surface area (Å²) < 4.78 is 14.4. The van der Waals surface area contributed by atoms with Crippen molar-refractivity contribution in [3.8, 4) is 0 Å². The molecular weight excluding hydrogens is 329 g/mol. The molecule has 0 fully saturated rings. The third kappa shape index (κ3) is 3.08. The Morgan fingerprint density at radius 1 is 1.37 bits per heavy atom. The summed E-state index contributed by atoms with van der Waals surface area (Å²) >= 11 is 8.26. The first-order chi connectivity index (χ1) is 8.99. The maximum atomic E-state index is 13.8. The van der Waals surface area contributed by atoms with Gasteiger partial charge in [-0.05, 0) is 47.1 Å². The molecule has 2 aromatic rings. The van der Waals surface area contributed by atoms with Crippen LogP contribution in [-0.4, -0.2) is 9.97 Å². The topological polar surface area (TPSA) is 50.9 Å². The minimum Gasteiger partial charge on any atom is -0.389 e. The summed E-state index contributed by atoms with van der Waals surface area (Å²) in [7, 11) is 0. The standard InChI is InChI=1S/C13H11BrFN3S/c1-7-5-6-8(12(16)19)13(17-7)18-11-9(14)3-2-4-10(11)15/h2-6H,1H3,(H2,16,19)(H,17,18). The summed E-state index contributed by atoms with van der Waals surface area (Å²) in [5.41, 5.74) is 7.31. The molecule has 19 heavy (non-hydrogen) atoms. The fourth-order valence-electron chi connectivity index (χ4n) is 1.59. The second-order valence-electron chi connectivity index (χ2n) is 3.93. The van der Waals surface area contributed by atoms with Gasteiger partial charge in [-0.15, -0.1) is 0 Å². The summed E-state index contributed by atoms with van der Waals surface area (Å²) in [6, 6.07) is 8.28. The Morgan fingerprint density at radius 3 is 2.74 bits per heavy atom. The molecule has 0 saturated heterocycles. The van der Waals surface area contributed by atoms with Gasteiger partial charge in [-0.3, -0.25) is 0 Å². The molecule has 1 aromatic carbocycles. The Kier molecular flexibility index (Phi) is 4.11. The average Bonchev–Trinajstić information content (AvgIpc) is 2.33. The number of nitrogens with two attached hydrogens (primary N) is 1. The van der Waals surface area contributed by atoms with E-state index in [1.54, 1.807) is 24.3 Å². The van der Waals surface area contributed by atoms with Gasteiger partial charge in [0.1, 0.15) is 16.6 Å². The van der Waals surface area contributed by atoms with E-state index in [1.165, 1.54) is 6.07 Å². The van der Waals surface area contributed by atoms with Crippen molar-refractivity contribution < 1.29 is 4.39 Å². The van der Waals surface area contributed by atoms with E-state index in [1.807, 2.05) is 6.92 Å². The molecule has 0 radical (unpaired) electrons. The molecule has 6 heteroatoms. The molecule has 0 unspecified atom stereocenters. The largest absolute Gasteiger partial charge is 0.389 e. The number of halogens is 2. The van der Waals surface area contributed by atoms with Crippen molar-refractivity contribution in [3.63, 3.8) is 0 Å². The highest BCUT2D eigenvalue weighted by atomic mass is 79.9. The molecular formula is C13H11BrFN3S. The second-order valence-corrected chi connectivity index (χ2v) is 5.23. The fourth-order valence-corrected chi connectivity index (χ4v) is 2.19. The fraction of sp³-hybridized carbons (Fsp3) is 0.0769. The average molecular weight is 340 g/mol. The zero-order valence-corrected chi connectivity index (χ0v) is 12.5. The quantitative estimate of drug-likeness (QED) is 0.837. The van der Waals surface area contributed by atoms with Gasteiger partial charge in [-0.25, -0.2) is 9.37 Å². The van der Waals surface area contributed by atoms with Crippen molar-refractivity contribution >= 4 is 44.6 Å². The SMILES string of the molecule is Cc1ccc(C(N)=S)c(Nc2c(F)cccc2Br)n1. The molecule has 1 heterocycles. The van der Waals surface area contributed by atoms with Crippen LogP contribution in [0, 0.1) is 12.7 Å². The maximum Gasteiger partial charge on any atom is 0.147 e. The highest BCUT2D eigenvalue weighted by Gasteiger charge is 2.12. The first-order valence-corrected chi connectivity index (χ1v) is 6.67. The number of para-hydroxylation sites is 1. The molecule has 1 aromatic heterocycles. The molecule has 0 atom stereocenters. The third-order valence-electron chi connectivity index (χ3n) is 2.51. The number of benzene rings is 1. The van der Waals surface area contributed by atoms with Gasteiger partial charge in [-0.1, -0.05) is 18.3 Å². The number of aromatic nitrogens is 1. The number of thiocarbonyl (C=S) groups is 1. The van der Waals surface area contributed by atoms with Gasteiger partial charge in [-0.2, -0.15) is 0 Å². The van der Waals surface area contributed by atoms with Crippen molar-refractivity contribution in [3.05, 3.63) is 51.9 Å². The van der Waals surface area contributed by atoms with Crippen LogP contribution in [0.2, 0.25) is 0 Å². The predicted molar refractivity (Wildman–Crippen MR) is 82.2 cm³/mol. The van der Waals surface area contributed by atoms with Crippen LogP contribution in [0.5, 0.6) is 0 Å². The van der Waals surface area contributed by atoms with Crippen molar-refractivity contribution in [2.24, 2.45) is 5.73 Å². The van der Waals surface area contributed by atoms with Crippen LogP contribution in [0.1, 0.15) is 11.3 Å². The smallest absolute Gasteiger partial charge is 0.147 e. The molecule has 2 rings (SSSR count). The van der Waals surface area contributed by atoms with Crippen LogP contribution in [0.15, 0.2) is 34.8 Å². The molecule has 0 aliphatic heterocycles. The van der Waals surface area contributed by atoms with Crippen LogP contribution < -0.4 is 11.1 Å². The Labute approximate surface area is 124 Å². The lowest BCUT2D eigenvalue weighted by atomic mass is 10.2. The summed E-state index contributed by atoms with van der Waals surface area (Å²) in [5, 5.41) is 2.93. The van der Waals surface area contributed by atoms with Crippen molar-refractivity contribution in [2.45, 2.75) is 6.92 Å². The normalized spacial score (nSPS) is 10.3. The van der Waals surface area contributed by atoms with Gasteiger partial charge >= 0.3 is 0 Å². The number of aryl methyl sites for hydroxylation is 1. The summed E-state index contributed by atoms with van der Waals surface area (Å²) in [6.07, 6.45) is 0. The van der Waals surface area contributed by atoms with E-state index in [2.05, 4.69) is 26.2 Å². The first-order valence-electron chi connectivity index (χ1n) is 5.47. The van der Waals surface area contributed by atoms with E-state index in [0.29, 0.717) is 21.5 Å². The highest BCUT2D eigenvalue weighted by Crippen LogP contribution is 2.29. The Morgan fingerprint density at radius 2 is 2.11 bits per heavy atom. The molecule has 0 aliphatic carbocycles. The van der Waals surface area contributed by atoms with Crippen molar-refractivity contribution in [1.82, 2.24) is 4.98 Å². The summed E-state index contributed by atoms with van der Waals surface area (Å²) in [4.78, 5) is 4.52. The van der Waals surface area contributed by atoms with Gasteiger partial charge in [0.2, 0.25) is 0 Å². The molecule has 0 aliphatic rings. The summed E-state index contributed by atoms with van der Waals surface area (Å²) in [5.74, 6) is 0.0601. The molecule has 3 nitrogen and oxygen atoms in total. The van der Waals surface area contributed by atoms with E-state index >= 15 is 0 Å². The van der Waals surface area contributed by atoms with Crippen LogP contribution >= 0.6 is 28.1 Å². The number of pyridine rings is 1. The van der Waals surface area contributed by atoms with Gasteiger partial charge in [0.25, 0.3) is 0 Å². The van der Waals surface area contributed by atoms with Gasteiger partial charge in [0, 0.05) is 10.2 Å². The van der Waals surface area contributed by atoms with E-state index in [4.69, 9.17) is 18.0 Å². The maximum absolute atomic E-state index is 13.8. The first kappa shape index (κ1) is 13.9. The van der Waals surface area contributed by atoms with Gasteiger partial charge < -0.3 is 11.1 Å². The third-order valence-corrected chi connectivity index (χ3v) is 3.39. The Bertz CT molecular complexity index is 626. The van der Waals surface area contributed by atoms with Crippen LogP contribution in [0.3, 0.4) is 0 Å². The zero-order chi connectivity index (χ0) is 14.0. The minimum atomic E-state index is -0.383. The minimum absolute atomic E-state index is 0.211. The number of nitrogens with zero attached hydrogens (tertiary/aromatic N) is 1. The van der Waals surface area contributed by atoms with Crippen LogP contribution in [-0.2, 0) is 0 Å². The van der Waals surface area contributed by atoms with E-state index < -0.39 is 0 Å². The second kappa shape index (κ2) is 5.63. The Balaban J connectivity index is 2.49. The number of hydrogen-bond acceptors (Lipinski definition) is 3. The van der Waals surface area contributed by atoms with Gasteiger partial charge in [0.15, 0.2) is 0 Å². The lowest BCUT2D eigenvalue weighted by molar-refractivity contribution is 0.631. The van der Waals surface area contributed by atoms with E-state index in [0.717, 1.165) is 5.69 Å². The van der Waals surface area contributed by atoms with Crippen molar-refractivity contribution in [2.75, 3.05) is 5.32 Å². The molecule has 0 amide bonds. The number of hydrogen-bond donors (Lipinski definition) is 2. The number of nitrogens with one attached hydrogen (secondary N) is 1. The molecule has 0 saturated carbocycles. The van der Waals surface area contributed by atoms with E-state index in [9.17, 15) is 4.39 Å². The predicted octanol–water partition coefficient (Wildman–Crippen LogP) is 3.67. The van der Waals surface area contributed by atoms with E-state index in [-0.39, 0.29) is 10.8 Å². The molecule has 0 bridgehead atoms. The molecule has 3 N–H and O–H groups in total. The van der Waals surface area contributed by atoms with Crippen LogP contribution in [0.4, 0.5) is 15.9 Å². The molecule has 0 spiro atoms. The van der Waals surface area contributed by atoms with Crippen LogP contribution in [0.25, 0.3) is 0 Å². The summed E-state index contributed by atoms with van der Waals surface area (Å²) in [6.45, 7) is 1.84. The zero-order valence-electron chi connectivity index (χ0n) is 10.1.